The highest BCUT2D eigenvalue weighted by atomic mass is 32.1. The van der Waals surface area contributed by atoms with Gasteiger partial charge in [-0.1, -0.05) is 0 Å². The van der Waals surface area contributed by atoms with E-state index in [0.717, 1.165) is 11.3 Å². The number of amides is 2. The van der Waals surface area contributed by atoms with Crippen molar-refractivity contribution in [2.75, 3.05) is 11.9 Å². The molecule has 2 aromatic heterocycles. The molecule has 2 aromatic rings. The van der Waals surface area contributed by atoms with E-state index < -0.39 is 6.10 Å². The summed E-state index contributed by atoms with van der Waals surface area (Å²) in [6.07, 6.45) is -0.676. The molecule has 2 amide bonds. The van der Waals surface area contributed by atoms with Gasteiger partial charge in [0.15, 0.2) is 0 Å². The lowest BCUT2D eigenvalue weighted by Crippen LogP contribution is -2.32. The maximum absolute atomic E-state index is 11.5. The molecule has 0 fully saturated rings. The Hall–Kier alpha value is -1.44. The van der Waals surface area contributed by atoms with E-state index in [1.54, 1.807) is 6.07 Å². The number of aliphatic hydroxyl groups excluding tert-OH is 1. The Bertz CT molecular complexity index is 510. The van der Waals surface area contributed by atoms with Gasteiger partial charge in [0, 0.05) is 6.54 Å². The summed E-state index contributed by atoms with van der Waals surface area (Å²) in [6, 6.07) is 3.29. The number of rotatable bonds is 4. The van der Waals surface area contributed by atoms with Crippen LogP contribution in [0.15, 0.2) is 22.9 Å². The van der Waals surface area contributed by atoms with Gasteiger partial charge in [-0.25, -0.2) is 4.79 Å². The van der Waals surface area contributed by atoms with E-state index in [4.69, 9.17) is 0 Å². The smallest absolute Gasteiger partial charge is 0.319 e. The number of hydrogen-bond donors (Lipinski definition) is 3. The van der Waals surface area contributed by atoms with Gasteiger partial charge in [-0.15, -0.1) is 0 Å². The first kappa shape index (κ1) is 13.0. The van der Waals surface area contributed by atoms with Crippen LogP contribution in [-0.2, 0) is 0 Å². The summed E-state index contributed by atoms with van der Waals surface area (Å²) in [6.45, 7) is 2.04. The maximum atomic E-state index is 11.5. The molecule has 0 aliphatic rings. The minimum Gasteiger partial charge on any atom is -0.387 e. The molecule has 96 valence electrons. The van der Waals surface area contributed by atoms with Crippen molar-refractivity contribution in [3.05, 3.63) is 34.2 Å². The molecule has 0 radical (unpaired) electrons. The number of anilines is 1. The molecule has 2 rings (SSSR count). The van der Waals surface area contributed by atoms with Crippen LogP contribution in [0.2, 0.25) is 0 Å². The second kappa shape index (κ2) is 5.94. The topological polar surface area (TPSA) is 74.2 Å². The third-order valence-electron chi connectivity index (χ3n) is 2.25. The minimum absolute atomic E-state index is 0.181. The zero-order valence-corrected chi connectivity index (χ0v) is 11.3. The van der Waals surface area contributed by atoms with Crippen LogP contribution in [0.25, 0.3) is 0 Å². The number of thiophene rings is 1. The molecule has 0 saturated heterocycles. The third-order valence-corrected chi connectivity index (χ3v) is 3.75. The van der Waals surface area contributed by atoms with E-state index >= 15 is 0 Å². The van der Waals surface area contributed by atoms with Crippen LogP contribution in [-0.4, -0.2) is 22.1 Å². The highest BCUT2D eigenvalue weighted by Gasteiger charge is 2.10. The van der Waals surface area contributed by atoms with Gasteiger partial charge in [-0.3, -0.25) is 5.32 Å². The average Bonchev–Trinajstić information content (AvgIpc) is 2.97. The second-order valence-corrected chi connectivity index (χ2v) is 5.33. The SMILES string of the molecule is Cc1cc(NC(=O)NCC(O)c2ccsc2)sn1. The summed E-state index contributed by atoms with van der Waals surface area (Å²) in [5.74, 6) is 0. The van der Waals surface area contributed by atoms with Crippen molar-refractivity contribution in [2.24, 2.45) is 0 Å². The normalized spacial score (nSPS) is 12.1. The Kier molecular flexibility index (Phi) is 4.29. The van der Waals surface area contributed by atoms with Crippen molar-refractivity contribution in [3.63, 3.8) is 0 Å². The second-order valence-electron chi connectivity index (χ2n) is 3.74. The zero-order chi connectivity index (χ0) is 13.0. The Morgan fingerprint density at radius 1 is 1.61 bits per heavy atom. The number of aryl methyl sites for hydroxylation is 1. The van der Waals surface area contributed by atoms with Crippen molar-refractivity contribution in [1.29, 1.82) is 0 Å². The largest absolute Gasteiger partial charge is 0.387 e. The summed E-state index contributed by atoms with van der Waals surface area (Å²) < 4.78 is 4.06. The quantitative estimate of drug-likeness (QED) is 0.806. The van der Waals surface area contributed by atoms with Gasteiger partial charge in [0.2, 0.25) is 0 Å². The van der Waals surface area contributed by atoms with E-state index in [0.29, 0.717) is 5.00 Å². The molecule has 0 aliphatic heterocycles. The van der Waals surface area contributed by atoms with Gasteiger partial charge in [-0.2, -0.15) is 15.7 Å². The lowest BCUT2D eigenvalue weighted by atomic mass is 10.2. The van der Waals surface area contributed by atoms with Crippen LogP contribution in [0.3, 0.4) is 0 Å². The number of aliphatic hydroxyl groups is 1. The summed E-state index contributed by atoms with van der Waals surface area (Å²) in [5.41, 5.74) is 1.68. The molecule has 2 heterocycles. The van der Waals surface area contributed by atoms with E-state index in [-0.39, 0.29) is 12.6 Å². The molecule has 1 atom stereocenters. The first-order chi connectivity index (χ1) is 8.65. The van der Waals surface area contributed by atoms with Crippen molar-refractivity contribution < 1.29 is 9.90 Å². The van der Waals surface area contributed by atoms with Crippen LogP contribution in [0.4, 0.5) is 9.80 Å². The third kappa shape index (κ3) is 3.52. The van der Waals surface area contributed by atoms with E-state index in [1.807, 2.05) is 23.8 Å². The predicted octanol–water partition coefficient (Wildman–Crippen LogP) is 2.37. The van der Waals surface area contributed by atoms with Crippen LogP contribution < -0.4 is 10.6 Å². The Balaban J connectivity index is 1.78. The van der Waals surface area contributed by atoms with Crippen LogP contribution in [0.1, 0.15) is 17.4 Å². The molecule has 3 N–H and O–H groups in total. The van der Waals surface area contributed by atoms with Gasteiger partial charge in [0.1, 0.15) is 5.00 Å². The van der Waals surface area contributed by atoms with E-state index in [2.05, 4.69) is 15.0 Å². The lowest BCUT2D eigenvalue weighted by molar-refractivity contribution is 0.175. The number of hydrogen-bond acceptors (Lipinski definition) is 5. The highest BCUT2D eigenvalue weighted by Crippen LogP contribution is 2.16. The molecule has 1 unspecified atom stereocenters. The Morgan fingerprint density at radius 3 is 3.06 bits per heavy atom. The molecular weight excluding hydrogens is 270 g/mol. The summed E-state index contributed by atoms with van der Waals surface area (Å²) in [4.78, 5) is 11.5. The number of nitrogens with zero attached hydrogens (tertiary/aromatic N) is 1. The van der Waals surface area contributed by atoms with Crippen molar-refractivity contribution >= 4 is 33.9 Å². The molecule has 0 bridgehead atoms. The van der Waals surface area contributed by atoms with E-state index in [9.17, 15) is 9.90 Å². The van der Waals surface area contributed by atoms with Gasteiger partial charge in [0.25, 0.3) is 0 Å². The average molecular weight is 283 g/mol. The van der Waals surface area contributed by atoms with Crippen molar-refractivity contribution in [1.82, 2.24) is 9.69 Å². The zero-order valence-electron chi connectivity index (χ0n) is 9.71. The fourth-order valence-corrected chi connectivity index (χ4v) is 2.71. The number of carbonyl (C=O) groups excluding carboxylic acids is 1. The molecule has 5 nitrogen and oxygen atoms in total. The van der Waals surface area contributed by atoms with Gasteiger partial charge < -0.3 is 10.4 Å². The van der Waals surface area contributed by atoms with Crippen molar-refractivity contribution in [2.45, 2.75) is 13.0 Å². The summed E-state index contributed by atoms with van der Waals surface area (Å²) in [5, 5.41) is 19.5. The Morgan fingerprint density at radius 2 is 2.44 bits per heavy atom. The lowest BCUT2D eigenvalue weighted by Gasteiger charge is -2.10. The minimum atomic E-state index is -0.676. The molecule has 18 heavy (non-hydrogen) atoms. The van der Waals surface area contributed by atoms with E-state index in [1.165, 1.54) is 22.9 Å². The number of urea groups is 1. The molecule has 0 saturated carbocycles. The first-order valence-corrected chi connectivity index (χ1v) is 7.05. The van der Waals surface area contributed by atoms with Crippen LogP contribution in [0.5, 0.6) is 0 Å². The standard InChI is InChI=1S/C11H13N3O2S2/c1-7-4-10(18-14-7)13-11(16)12-5-9(15)8-2-3-17-6-8/h2-4,6,9,15H,5H2,1H3,(H2,12,13,16). The Labute approximate surface area is 113 Å². The molecule has 0 spiro atoms. The van der Waals surface area contributed by atoms with Crippen LogP contribution in [0, 0.1) is 6.92 Å². The fourth-order valence-electron chi connectivity index (χ4n) is 1.35. The summed E-state index contributed by atoms with van der Waals surface area (Å²) >= 11 is 2.74. The monoisotopic (exact) mass is 283 g/mol. The first-order valence-electron chi connectivity index (χ1n) is 5.33. The number of carbonyl (C=O) groups is 1. The van der Waals surface area contributed by atoms with Gasteiger partial charge in [-0.05, 0) is 46.9 Å². The van der Waals surface area contributed by atoms with Crippen molar-refractivity contribution in [3.8, 4) is 0 Å². The molecular formula is C11H13N3O2S2. The maximum Gasteiger partial charge on any atom is 0.319 e. The predicted molar refractivity (Wildman–Crippen MR) is 73.2 cm³/mol. The molecule has 7 heteroatoms. The number of aromatic nitrogens is 1. The van der Waals surface area contributed by atoms with Gasteiger partial charge >= 0.3 is 6.03 Å². The van der Waals surface area contributed by atoms with Crippen LogP contribution >= 0.6 is 22.9 Å². The summed E-state index contributed by atoms with van der Waals surface area (Å²) in [7, 11) is 0. The fraction of sp³-hybridized carbons (Fsp3) is 0.273. The molecule has 0 aromatic carbocycles. The number of nitrogens with one attached hydrogen (secondary N) is 2. The van der Waals surface area contributed by atoms with Gasteiger partial charge in [0.05, 0.1) is 11.8 Å². The molecule has 0 aliphatic carbocycles. The highest BCUT2D eigenvalue weighted by molar-refractivity contribution is 7.10.